The Morgan fingerprint density at radius 3 is 2.71 bits per heavy atom. The number of carbonyl (C=O) groups excluding carboxylic acids is 2. The molecule has 0 unspecified atom stereocenters. The number of amides is 3. The molecule has 0 radical (unpaired) electrons. The topological polar surface area (TPSA) is 65.8 Å². The summed E-state index contributed by atoms with van der Waals surface area (Å²) in [7, 11) is 0. The molecule has 1 saturated heterocycles. The quantitative estimate of drug-likeness (QED) is 0.863. The molecule has 2 rings (SSSR count). The predicted molar refractivity (Wildman–Crippen MR) is 79.1 cm³/mol. The number of hydrogen-bond donors (Lipinski definition) is 1. The van der Waals surface area contributed by atoms with Crippen LogP contribution in [0.2, 0.25) is 0 Å². The first-order valence-corrected chi connectivity index (χ1v) is 7.58. The second kappa shape index (κ2) is 7.71. The van der Waals surface area contributed by atoms with Crippen molar-refractivity contribution in [2.45, 2.75) is 26.2 Å². The Bertz CT molecular complexity index is 459. The molecule has 0 atom stereocenters. The van der Waals surface area contributed by atoms with E-state index in [2.05, 4.69) is 12.2 Å². The smallest absolute Gasteiger partial charge is 0.317 e. The van der Waals surface area contributed by atoms with E-state index in [-0.39, 0.29) is 11.9 Å². The summed E-state index contributed by atoms with van der Waals surface area (Å²) in [5.41, 5.74) is 0. The maximum atomic E-state index is 12.2. The molecule has 0 bridgehead atoms. The van der Waals surface area contributed by atoms with Crippen molar-refractivity contribution < 1.29 is 14.0 Å². The van der Waals surface area contributed by atoms with Crippen LogP contribution < -0.4 is 5.32 Å². The summed E-state index contributed by atoms with van der Waals surface area (Å²) in [6, 6.07) is 3.34. The molecule has 3 amide bonds. The van der Waals surface area contributed by atoms with Gasteiger partial charge >= 0.3 is 6.03 Å². The van der Waals surface area contributed by atoms with Gasteiger partial charge in [0.2, 0.25) is 0 Å². The fourth-order valence-electron chi connectivity index (χ4n) is 2.36. The summed E-state index contributed by atoms with van der Waals surface area (Å²) in [6.45, 7) is 5.24. The van der Waals surface area contributed by atoms with Crippen LogP contribution in [0.4, 0.5) is 4.79 Å². The Kier molecular flexibility index (Phi) is 5.66. The average Bonchev–Trinajstić information content (AvgIpc) is 2.91. The lowest BCUT2D eigenvalue weighted by Crippen LogP contribution is -2.42. The number of nitrogens with zero attached hydrogens (tertiary/aromatic N) is 2. The lowest BCUT2D eigenvalue weighted by atomic mass is 10.3. The van der Waals surface area contributed by atoms with Crippen molar-refractivity contribution >= 4 is 11.9 Å². The first-order valence-electron chi connectivity index (χ1n) is 7.58. The summed E-state index contributed by atoms with van der Waals surface area (Å²) < 4.78 is 5.14. The van der Waals surface area contributed by atoms with Crippen LogP contribution in [0.15, 0.2) is 22.8 Å². The van der Waals surface area contributed by atoms with Crippen LogP contribution in [0, 0.1) is 0 Å². The van der Waals surface area contributed by atoms with Gasteiger partial charge in [0.25, 0.3) is 5.91 Å². The highest BCUT2D eigenvalue weighted by Gasteiger charge is 2.23. The van der Waals surface area contributed by atoms with Crippen LogP contribution in [-0.2, 0) is 0 Å². The molecule has 1 aromatic heterocycles. The summed E-state index contributed by atoms with van der Waals surface area (Å²) in [6.07, 6.45) is 4.33. The third kappa shape index (κ3) is 4.24. The van der Waals surface area contributed by atoms with Crippen molar-refractivity contribution in [3.63, 3.8) is 0 Å². The molecule has 1 fully saturated rings. The highest BCUT2D eigenvalue weighted by Crippen LogP contribution is 2.10. The molecule has 1 aromatic rings. The van der Waals surface area contributed by atoms with Crippen molar-refractivity contribution in [2.75, 3.05) is 32.7 Å². The maximum Gasteiger partial charge on any atom is 0.317 e. The molecule has 6 heteroatoms. The van der Waals surface area contributed by atoms with Crippen molar-refractivity contribution in [1.82, 2.24) is 15.1 Å². The van der Waals surface area contributed by atoms with Gasteiger partial charge in [0.1, 0.15) is 0 Å². The number of hydrogen-bond acceptors (Lipinski definition) is 3. The number of unbranched alkanes of at least 4 members (excludes halogenated alkanes) is 1. The largest absolute Gasteiger partial charge is 0.459 e. The third-order valence-corrected chi connectivity index (χ3v) is 3.61. The monoisotopic (exact) mass is 293 g/mol. The third-order valence-electron chi connectivity index (χ3n) is 3.61. The number of nitrogens with one attached hydrogen (secondary N) is 1. The molecule has 116 valence electrons. The highest BCUT2D eigenvalue weighted by atomic mass is 16.3. The molecule has 0 spiro atoms. The molecule has 21 heavy (non-hydrogen) atoms. The van der Waals surface area contributed by atoms with E-state index in [0.717, 1.165) is 19.3 Å². The second-order valence-electron chi connectivity index (χ2n) is 5.20. The van der Waals surface area contributed by atoms with Crippen LogP contribution >= 0.6 is 0 Å². The number of urea groups is 1. The zero-order chi connectivity index (χ0) is 15.1. The van der Waals surface area contributed by atoms with Crippen LogP contribution in [0.25, 0.3) is 0 Å². The van der Waals surface area contributed by atoms with Gasteiger partial charge in [0.05, 0.1) is 6.26 Å². The van der Waals surface area contributed by atoms with Gasteiger partial charge in [-0.2, -0.15) is 0 Å². The Labute approximate surface area is 125 Å². The van der Waals surface area contributed by atoms with Gasteiger partial charge < -0.3 is 19.5 Å². The summed E-state index contributed by atoms with van der Waals surface area (Å²) in [5, 5.41) is 2.92. The average molecular weight is 293 g/mol. The van der Waals surface area contributed by atoms with E-state index in [1.165, 1.54) is 6.26 Å². The molecule has 0 aliphatic carbocycles. The van der Waals surface area contributed by atoms with E-state index < -0.39 is 0 Å². The van der Waals surface area contributed by atoms with E-state index >= 15 is 0 Å². The zero-order valence-electron chi connectivity index (χ0n) is 12.5. The minimum Gasteiger partial charge on any atom is -0.459 e. The highest BCUT2D eigenvalue weighted by molar-refractivity contribution is 5.91. The van der Waals surface area contributed by atoms with Crippen LogP contribution in [0.3, 0.4) is 0 Å². The first kappa shape index (κ1) is 15.4. The number of rotatable bonds is 4. The molecule has 2 heterocycles. The van der Waals surface area contributed by atoms with E-state index in [1.807, 2.05) is 0 Å². The molecule has 6 nitrogen and oxygen atoms in total. The lowest BCUT2D eigenvalue weighted by Gasteiger charge is -2.22. The van der Waals surface area contributed by atoms with E-state index in [1.54, 1.807) is 21.9 Å². The molecule has 1 N–H and O–H groups in total. The fraction of sp³-hybridized carbons (Fsp3) is 0.600. The van der Waals surface area contributed by atoms with Crippen LogP contribution in [0.5, 0.6) is 0 Å². The molecule has 1 aliphatic heterocycles. The van der Waals surface area contributed by atoms with Crippen molar-refractivity contribution in [1.29, 1.82) is 0 Å². The van der Waals surface area contributed by atoms with E-state index in [4.69, 9.17) is 4.42 Å². The van der Waals surface area contributed by atoms with Gasteiger partial charge in [-0.3, -0.25) is 4.79 Å². The van der Waals surface area contributed by atoms with Crippen LogP contribution in [0.1, 0.15) is 36.7 Å². The SMILES string of the molecule is CCCCNC(=O)N1CCCN(C(=O)c2ccco2)CC1. The maximum absolute atomic E-state index is 12.2. The summed E-state index contributed by atoms with van der Waals surface area (Å²) in [5.74, 6) is 0.254. The predicted octanol–water partition coefficient (Wildman–Crippen LogP) is 1.94. The fourth-order valence-corrected chi connectivity index (χ4v) is 2.36. The second-order valence-corrected chi connectivity index (χ2v) is 5.20. The van der Waals surface area contributed by atoms with Gasteiger partial charge in [-0.1, -0.05) is 13.3 Å². The summed E-state index contributed by atoms with van der Waals surface area (Å²) >= 11 is 0. The van der Waals surface area contributed by atoms with Crippen molar-refractivity contribution in [3.05, 3.63) is 24.2 Å². The van der Waals surface area contributed by atoms with Gasteiger partial charge in [-0.15, -0.1) is 0 Å². The normalized spacial score (nSPS) is 15.7. The van der Waals surface area contributed by atoms with Gasteiger partial charge in [0, 0.05) is 32.7 Å². The first-order chi connectivity index (χ1) is 10.2. The van der Waals surface area contributed by atoms with E-state index in [0.29, 0.717) is 38.5 Å². The Morgan fingerprint density at radius 1 is 1.24 bits per heavy atom. The lowest BCUT2D eigenvalue weighted by molar-refractivity contribution is 0.0730. The Hall–Kier alpha value is -1.98. The number of carbonyl (C=O) groups is 2. The van der Waals surface area contributed by atoms with E-state index in [9.17, 15) is 9.59 Å². The summed E-state index contributed by atoms with van der Waals surface area (Å²) in [4.78, 5) is 27.8. The van der Waals surface area contributed by atoms with Crippen molar-refractivity contribution in [2.24, 2.45) is 0 Å². The molecular weight excluding hydrogens is 270 g/mol. The standard InChI is InChI=1S/C15H23N3O3/c1-2-3-7-16-15(20)18-9-5-8-17(10-11-18)14(19)13-6-4-12-21-13/h4,6,12H,2-3,5,7-11H2,1H3,(H,16,20). The molecule has 1 aliphatic rings. The minimum absolute atomic E-state index is 0.0317. The zero-order valence-corrected chi connectivity index (χ0v) is 12.5. The molecule has 0 saturated carbocycles. The van der Waals surface area contributed by atoms with Crippen molar-refractivity contribution in [3.8, 4) is 0 Å². The Morgan fingerprint density at radius 2 is 2.00 bits per heavy atom. The number of furan rings is 1. The minimum atomic E-state index is -0.103. The molecule has 0 aromatic carbocycles. The van der Waals surface area contributed by atoms with Crippen LogP contribution in [-0.4, -0.2) is 54.5 Å². The van der Waals surface area contributed by atoms with Gasteiger partial charge in [-0.25, -0.2) is 4.79 Å². The molecular formula is C15H23N3O3. The van der Waals surface area contributed by atoms with Gasteiger partial charge in [-0.05, 0) is 25.0 Å². The Balaban J connectivity index is 1.84. The van der Waals surface area contributed by atoms with Gasteiger partial charge in [0.15, 0.2) is 5.76 Å².